The van der Waals surface area contributed by atoms with Crippen LogP contribution in [0.1, 0.15) is 77.0 Å². The molecular weight excluding hydrogens is 328 g/mol. The van der Waals surface area contributed by atoms with Gasteiger partial charge in [-0.15, -0.1) is 0 Å². The van der Waals surface area contributed by atoms with E-state index in [-0.39, 0.29) is 11.5 Å². The third-order valence-corrected chi connectivity index (χ3v) is 5.16. The van der Waals surface area contributed by atoms with Crippen LogP contribution in [0.25, 0.3) is 0 Å². The lowest BCUT2D eigenvalue weighted by atomic mass is 10.1. The van der Waals surface area contributed by atoms with Gasteiger partial charge in [0.2, 0.25) is 0 Å². The van der Waals surface area contributed by atoms with Crippen molar-refractivity contribution in [1.82, 2.24) is 0 Å². The molecule has 0 aliphatic heterocycles. The van der Waals surface area contributed by atoms with Crippen molar-refractivity contribution in [3.8, 4) is 0 Å². The number of hydrogen-bond donors (Lipinski definition) is 2. The van der Waals surface area contributed by atoms with Gasteiger partial charge < -0.3 is 0 Å². The lowest BCUT2D eigenvalue weighted by Gasteiger charge is -2.03. The second-order valence-electron chi connectivity index (χ2n) is 5.81. The van der Waals surface area contributed by atoms with Crippen molar-refractivity contribution in [2.75, 3.05) is 11.5 Å². The van der Waals surface area contributed by atoms with Crippen LogP contribution >= 0.6 is 0 Å². The van der Waals surface area contributed by atoms with Gasteiger partial charge in [0.1, 0.15) is 0 Å². The zero-order valence-electron chi connectivity index (χ0n) is 13.2. The number of unbranched alkanes of at least 4 members (excludes halogenated alkanes) is 11. The van der Waals surface area contributed by atoms with Crippen molar-refractivity contribution >= 4 is 20.2 Å². The molecule has 2 N–H and O–H groups in total. The molecule has 0 saturated heterocycles. The van der Waals surface area contributed by atoms with Crippen molar-refractivity contribution in [3.63, 3.8) is 0 Å². The third-order valence-electron chi connectivity index (χ3n) is 3.55. The Morgan fingerprint density at radius 2 is 0.591 bits per heavy atom. The van der Waals surface area contributed by atoms with E-state index in [2.05, 4.69) is 0 Å². The first-order chi connectivity index (χ1) is 10.2. The molecule has 0 aliphatic carbocycles. The molecule has 0 saturated carbocycles. The average Bonchev–Trinajstić information content (AvgIpc) is 2.36. The van der Waals surface area contributed by atoms with Crippen LogP contribution < -0.4 is 0 Å². The second-order valence-corrected chi connectivity index (χ2v) is 8.96. The molecule has 0 aromatic heterocycles. The van der Waals surface area contributed by atoms with Crippen LogP contribution in [0, 0.1) is 0 Å². The maximum Gasteiger partial charge on any atom is 0.264 e. The van der Waals surface area contributed by atoms with Gasteiger partial charge in [0.05, 0.1) is 11.5 Å². The van der Waals surface area contributed by atoms with E-state index in [9.17, 15) is 16.8 Å². The highest BCUT2D eigenvalue weighted by molar-refractivity contribution is 7.86. The monoisotopic (exact) mass is 358 g/mol. The van der Waals surface area contributed by atoms with Crippen LogP contribution in [0.3, 0.4) is 0 Å². The second kappa shape index (κ2) is 12.3. The van der Waals surface area contributed by atoms with Gasteiger partial charge in [0.25, 0.3) is 20.2 Å². The van der Waals surface area contributed by atoms with Crippen LogP contribution in [0.4, 0.5) is 0 Å². The first-order valence-corrected chi connectivity index (χ1v) is 11.3. The Hall–Kier alpha value is -0.180. The quantitative estimate of drug-likeness (QED) is 0.343. The zero-order chi connectivity index (χ0) is 16.9. The largest absolute Gasteiger partial charge is 0.286 e. The minimum atomic E-state index is -3.79. The van der Waals surface area contributed by atoms with Crippen LogP contribution in [0.15, 0.2) is 0 Å². The molecule has 0 radical (unpaired) electrons. The summed E-state index contributed by atoms with van der Waals surface area (Å²) in [6.45, 7) is 0. The summed E-state index contributed by atoms with van der Waals surface area (Å²) >= 11 is 0. The maximum absolute atomic E-state index is 10.5. The van der Waals surface area contributed by atoms with Gasteiger partial charge >= 0.3 is 0 Å². The molecule has 0 aromatic rings. The molecule has 0 amide bonds. The van der Waals surface area contributed by atoms with Gasteiger partial charge in [-0.25, -0.2) is 0 Å². The van der Waals surface area contributed by atoms with E-state index >= 15 is 0 Å². The highest BCUT2D eigenvalue weighted by atomic mass is 32.2. The lowest BCUT2D eigenvalue weighted by Crippen LogP contribution is -2.03. The van der Waals surface area contributed by atoms with Gasteiger partial charge in [-0.3, -0.25) is 9.11 Å². The first kappa shape index (κ1) is 21.8. The number of rotatable bonds is 15. The Morgan fingerprint density at radius 1 is 0.409 bits per heavy atom. The third kappa shape index (κ3) is 19.8. The summed E-state index contributed by atoms with van der Waals surface area (Å²) in [6.07, 6.45) is 11.6. The van der Waals surface area contributed by atoms with E-state index in [1.165, 1.54) is 12.8 Å². The van der Waals surface area contributed by atoms with E-state index in [4.69, 9.17) is 9.11 Å². The summed E-state index contributed by atoms with van der Waals surface area (Å²) in [4.78, 5) is 0. The summed E-state index contributed by atoms with van der Waals surface area (Å²) < 4.78 is 59.1. The fraction of sp³-hybridized carbons (Fsp3) is 1.00. The molecule has 0 fully saturated rings. The number of hydrogen-bond acceptors (Lipinski definition) is 4. The smallest absolute Gasteiger partial charge is 0.264 e. The molecule has 0 heterocycles. The van der Waals surface area contributed by atoms with E-state index in [1.54, 1.807) is 0 Å². The van der Waals surface area contributed by atoms with Gasteiger partial charge in [0, 0.05) is 0 Å². The molecule has 0 aliphatic rings. The van der Waals surface area contributed by atoms with Crippen LogP contribution in [-0.2, 0) is 20.2 Å². The topological polar surface area (TPSA) is 109 Å². The average molecular weight is 359 g/mol. The fourth-order valence-corrected chi connectivity index (χ4v) is 3.47. The summed E-state index contributed by atoms with van der Waals surface area (Å²) in [7, 11) is -7.59. The summed E-state index contributed by atoms with van der Waals surface area (Å²) in [6, 6.07) is 0. The molecule has 0 rings (SSSR count). The highest BCUT2D eigenvalue weighted by Gasteiger charge is 2.03. The molecule has 22 heavy (non-hydrogen) atoms. The van der Waals surface area contributed by atoms with Crippen molar-refractivity contribution < 1.29 is 25.9 Å². The van der Waals surface area contributed by atoms with Crippen LogP contribution in [0.2, 0.25) is 0 Å². The van der Waals surface area contributed by atoms with Crippen LogP contribution in [0.5, 0.6) is 0 Å². The summed E-state index contributed by atoms with van der Waals surface area (Å²) in [5, 5.41) is 0. The maximum atomic E-state index is 10.5. The molecule has 0 bridgehead atoms. The van der Waals surface area contributed by atoms with Crippen LogP contribution in [-0.4, -0.2) is 37.4 Å². The van der Waals surface area contributed by atoms with Gasteiger partial charge in [-0.1, -0.05) is 64.2 Å². The summed E-state index contributed by atoms with van der Waals surface area (Å²) in [5.41, 5.74) is 0. The minimum absolute atomic E-state index is 0.134. The first-order valence-electron chi connectivity index (χ1n) is 8.11. The fourth-order valence-electron chi connectivity index (χ4n) is 2.34. The van der Waals surface area contributed by atoms with E-state index in [0.717, 1.165) is 51.4 Å². The van der Waals surface area contributed by atoms with Gasteiger partial charge in [-0.2, -0.15) is 16.8 Å². The molecule has 0 unspecified atom stereocenters. The Bertz CT molecular complexity index is 412. The molecule has 8 heteroatoms. The predicted molar refractivity (Wildman–Crippen MR) is 88.2 cm³/mol. The standard InChI is InChI=1S/C14H30O6S2/c15-21(16,17)13-11-9-7-5-3-1-2-4-6-8-10-12-14-22(18,19)20/h1-14H2,(H,15,16,17)(H,18,19,20). The van der Waals surface area contributed by atoms with E-state index in [0.29, 0.717) is 12.8 Å². The molecule has 0 spiro atoms. The minimum Gasteiger partial charge on any atom is -0.286 e. The normalized spacial score (nSPS) is 12.6. The molecule has 0 atom stereocenters. The molecule has 6 nitrogen and oxygen atoms in total. The zero-order valence-corrected chi connectivity index (χ0v) is 14.9. The molecular formula is C14H30O6S2. The Morgan fingerprint density at radius 3 is 0.773 bits per heavy atom. The van der Waals surface area contributed by atoms with E-state index < -0.39 is 20.2 Å². The van der Waals surface area contributed by atoms with Gasteiger partial charge in [-0.05, 0) is 12.8 Å². The van der Waals surface area contributed by atoms with Crippen molar-refractivity contribution in [1.29, 1.82) is 0 Å². The SMILES string of the molecule is O=S(=O)(O)CCCCCCCCCCCCCCS(=O)(=O)O. The Balaban J connectivity index is 3.15. The lowest BCUT2D eigenvalue weighted by molar-refractivity contribution is 0.475. The molecule has 134 valence electrons. The summed E-state index contributed by atoms with van der Waals surface area (Å²) in [5.74, 6) is -0.269. The predicted octanol–water partition coefficient (Wildman–Crippen LogP) is 3.44. The Kier molecular flexibility index (Phi) is 12.2. The molecule has 0 aromatic carbocycles. The highest BCUT2D eigenvalue weighted by Crippen LogP contribution is 2.12. The van der Waals surface area contributed by atoms with Crippen molar-refractivity contribution in [2.45, 2.75) is 77.0 Å². The van der Waals surface area contributed by atoms with Crippen molar-refractivity contribution in [3.05, 3.63) is 0 Å². The van der Waals surface area contributed by atoms with Gasteiger partial charge in [0.15, 0.2) is 0 Å². The van der Waals surface area contributed by atoms with Crippen molar-refractivity contribution in [2.24, 2.45) is 0 Å². The van der Waals surface area contributed by atoms with E-state index in [1.807, 2.05) is 0 Å². The Labute approximate surface area is 135 Å².